The normalized spacial score (nSPS) is 21.2. The summed E-state index contributed by atoms with van der Waals surface area (Å²) in [5, 5.41) is 3.03. The fourth-order valence-corrected chi connectivity index (χ4v) is 4.40. The van der Waals surface area contributed by atoms with E-state index in [-0.39, 0.29) is 17.7 Å². The number of carbonyl (C=O) groups is 2. The zero-order chi connectivity index (χ0) is 20.5. The number of piperidine rings is 1. The van der Waals surface area contributed by atoms with Gasteiger partial charge >= 0.3 is 0 Å². The van der Waals surface area contributed by atoms with Gasteiger partial charge in [-0.15, -0.1) is 0 Å². The second-order valence-electron chi connectivity index (χ2n) is 8.67. The Morgan fingerprint density at radius 3 is 2.43 bits per heavy atom. The van der Waals surface area contributed by atoms with Gasteiger partial charge in [0.2, 0.25) is 11.8 Å². The van der Waals surface area contributed by atoms with Crippen molar-refractivity contribution in [3.05, 3.63) is 24.3 Å². The Morgan fingerprint density at radius 2 is 1.73 bits per heavy atom. The molecule has 2 amide bonds. The van der Waals surface area contributed by atoms with E-state index in [0.717, 1.165) is 63.0 Å². The van der Waals surface area contributed by atoms with E-state index in [1.54, 1.807) is 0 Å². The summed E-state index contributed by atoms with van der Waals surface area (Å²) in [6.07, 6.45) is 3.86. The molecular weight excluding hydrogens is 382 g/mol. The third kappa shape index (κ3) is 4.28. The fraction of sp³-hybridized carbons (Fsp3) is 0.591. The number of aromatic nitrogens is 1. The van der Waals surface area contributed by atoms with Crippen molar-refractivity contribution in [1.29, 1.82) is 0 Å². The van der Waals surface area contributed by atoms with E-state index in [1.807, 2.05) is 29.2 Å². The van der Waals surface area contributed by atoms with E-state index in [9.17, 15) is 9.59 Å². The number of carbonyl (C=O) groups excluding carboxylic acids is 2. The van der Waals surface area contributed by atoms with E-state index in [1.165, 1.54) is 0 Å². The lowest BCUT2D eigenvalue weighted by Crippen LogP contribution is -2.53. The standard InChI is InChI=1S/C22H29N5O3/c28-20(23-17-5-6-17)15-25-11-13-26(14-12-25)21(29)16-7-9-27(10-8-16)22-24-18-3-1-2-4-19(18)30-22/h1-4,16-17H,5-15H2,(H,23,28). The van der Waals surface area contributed by atoms with Crippen LogP contribution in [0, 0.1) is 5.92 Å². The number of oxazole rings is 1. The first-order chi connectivity index (χ1) is 14.7. The highest BCUT2D eigenvalue weighted by atomic mass is 16.4. The number of hydrogen-bond acceptors (Lipinski definition) is 6. The molecule has 1 N–H and O–H groups in total. The van der Waals surface area contributed by atoms with Gasteiger partial charge in [0.1, 0.15) is 5.52 Å². The van der Waals surface area contributed by atoms with Gasteiger partial charge in [-0.25, -0.2) is 0 Å². The Morgan fingerprint density at radius 1 is 1.00 bits per heavy atom. The van der Waals surface area contributed by atoms with Gasteiger partial charge in [-0.3, -0.25) is 14.5 Å². The molecule has 2 aliphatic heterocycles. The largest absolute Gasteiger partial charge is 0.423 e. The molecule has 0 spiro atoms. The van der Waals surface area contributed by atoms with Crippen LogP contribution in [-0.4, -0.2) is 78.5 Å². The van der Waals surface area contributed by atoms with Crippen molar-refractivity contribution in [2.75, 3.05) is 50.7 Å². The lowest BCUT2D eigenvalue weighted by Gasteiger charge is -2.38. The quantitative estimate of drug-likeness (QED) is 0.802. The SMILES string of the molecule is O=C(CN1CCN(C(=O)C2CCN(c3nc4ccccc4o3)CC2)CC1)NC1CC1. The van der Waals surface area contributed by atoms with Crippen LogP contribution in [0.1, 0.15) is 25.7 Å². The number of amides is 2. The van der Waals surface area contributed by atoms with Gasteiger partial charge in [0.05, 0.1) is 6.54 Å². The molecule has 1 aromatic heterocycles. The molecule has 160 valence electrons. The topological polar surface area (TPSA) is 81.9 Å². The number of nitrogens with one attached hydrogen (secondary N) is 1. The van der Waals surface area contributed by atoms with Crippen molar-refractivity contribution < 1.29 is 14.0 Å². The van der Waals surface area contributed by atoms with Crippen LogP contribution < -0.4 is 10.2 Å². The molecule has 2 saturated heterocycles. The summed E-state index contributed by atoms with van der Waals surface area (Å²) >= 11 is 0. The Hall–Kier alpha value is -2.61. The maximum atomic E-state index is 13.0. The maximum Gasteiger partial charge on any atom is 0.298 e. The van der Waals surface area contributed by atoms with Gasteiger partial charge in [-0.1, -0.05) is 12.1 Å². The maximum absolute atomic E-state index is 13.0. The van der Waals surface area contributed by atoms with E-state index in [2.05, 4.69) is 20.1 Å². The van der Waals surface area contributed by atoms with Crippen molar-refractivity contribution in [1.82, 2.24) is 20.1 Å². The third-order valence-corrected chi connectivity index (χ3v) is 6.39. The van der Waals surface area contributed by atoms with Crippen molar-refractivity contribution >= 4 is 28.9 Å². The van der Waals surface area contributed by atoms with Crippen molar-refractivity contribution in [3.63, 3.8) is 0 Å². The van der Waals surface area contributed by atoms with Gasteiger partial charge in [0, 0.05) is 51.2 Å². The number of benzene rings is 1. The molecule has 0 unspecified atom stereocenters. The number of hydrogen-bond donors (Lipinski definition) is 1. The number of rotatable bonds is 5. The molecule has 3 fully saturated rings. The van der Waals surface area contributed by atoms with Crippen LogP contribution in [0.15, 0.2) is 28.7 Å². The average Bonchev–Trinajstić information content (AvgIpc) is 3.47. The first kappa shape index (κ1) is 19.4. The minimum atomic E-state index is 0.0651. The summed E-state index contributed by atoms with van der Waals surface area (Å²) < 4.78 is 5.87. The molecular formula is C22H29N5O3. The van der Waals surface area contributed by atoms with Crippen molar-refractivity contribution in [2.24, 2.45) is 5.92 Å². The Balaban J connectivity index is 1.09. The van der Waals surface area contributed by atoms with Gasteiger partial charge < -0.3 is 19.5 Å². The lowest BCUT2D eigenvalue weighted by atomic mass is 9.95. The molecule has 30 heavy (non-hydrogen) atoms. The van der Waals surface area contributed by atoms with E-state index in [0.29, 0.717) is 31.7 Å². The molecule has 5 rings (SSSR count). The Bertz CT molecular complexity index is 875. The minimum Gasteiger partial charge on any atom is -0.423 e. The zero-order valence-electron chi connectivity index (χ0n) is 17.3. The molecule has 1 aromatic carbocycles. The van der Waals surface area contributed by atoms with Gasteiger partial charge in [0.25, 0.3) is 6.01 Å². The lowest BCUT2D eigenvalue weighted by molar-refractivity contribution is -0.138. The molecule has 3 heterocycles. The highest BCUT2D eigenvalue weighted by molar-refractivity contribution is 5.80. The summed E-state index contributed by atoms with van der Waals surface area (Å²) in [6, 6.07) is 8.84. The number of para-hydroxylation sites is 2. The smallest absolute Gasteiger partial charge is 0.298 e. The van der Waals surface area contributed by atoms with Crippen LogP contribution in [0.5, 0.6) is 0 Å². The van der Waals surface area contributed by atoms with Crippen molar-refractivity contribution in [2.45, 2.75) is 31.7 Å². The third-order valence-electron chi connectivity index (χ3n) is 6.39. The summed E-state index contributed by atoms with van der Waals surface area (Å²) in [5.41, 5.74) is 1.67. The van der Waals surface area contributed by atoms with E-state index in [4.69, 9.17) is 4.42 Å². The molecule has 3 aliphatic rings. The van der Waals surface area contributed by atoms with Gasteiger partial charge in [-0.05, 0) is 37.8 Å². The monoisotopic (exact) mass is 411 g/mol. The number of piperazine rings is 1. The summed E-state index contributed by atoms with van der Waals surface area (Å²) in [6.45, 7) is 4.97. The molecule has 1 aliphatic carbocycles. The van der Waals surface area contributed by atoms with Crippen LogP contribution in [-0.2, 0) is 9.59 Å². The van der Waals surface area contributed by atoms with Crippen LogP contribution in [0.2, 0.25) is 0 Å². The minimum absolute atomic E-state index is 0.0651. The first-order valence-corrected chi connectivity index (χ1v) is 11.1. The van der Waals surface area contributed by atoms with Crippen molar-refractivity contribution in [3.8, 4) is 0 Å². The van der Waals surface area contributed by atoms with E-state index >= 15 is 0 Å². The first-order valence-electron chi connectivity index (χ1n) is 11.1. The zero-order valence-corrected chi connectivity index (χ0v) is 17.3. The second-order valence-corrected chi connectivity index (χ2v) is 8.67. The predicted molar refractivity (Wildman–Crippen MR) is 113 cm³/mol. The highest BCUT2D eigenvalue weighted by Gasteiger charge is 2.32. The average molecular weight is 412 g/mol. The molecule has 1 saturated carbocycles. The predicted octanol–water partition coefficient (Wildman–Crippen LogP) is 1.47. The highest BCUT2D eigenvalue weighted by Crippen LogP contribution is 2.27. The second kappa shape index (κ2) is 8.26. The number of fused-ring (bicyclic) bond motifs is 1. The summed E-state index contributed by atoms with van der Waals surface area (Å²) in [4.78, 5) is 35.8. The summed E-state index contributed by atoms with van der Waals surface area (Å²) in [7, 11) is 0. The molecule has 0 atom stereocenters. The Kier molecular flexibility index (Phi) is 5.33. The number of anilines is 1. The number of nitrogens with zero attached hydrogens (tertiary/aromatic N) is 4. The fourth-order valence-electron chi connectivity index (χ4n) is 4.40. The summed E-state index contributed by atoms with van der Waals surface area (Å²) in [5.74, 6) is 0.438. The van der Waals surface area contributed by atoms with Crippen LogP contribution >= 0.6 is 0 Å². The molecule has 8 heteroatoms. The molecule has 8 nitrogen and oxygen atoms in total. The van der Waals surface area contributed by atoms with E-state index < -0.39 is 0 Å². The van der Waals surface area contributed by atoms with Crippen LogP contribution in [0.25, 0.3) is 11.1 Å². The van der Waals surface area contributed by atoms with Crippen LogP contribution in [0.4, 0.5) is 6.01 Å². The van der Waals surface area contributed by atoms with Crippen LogP contribution in [0.3, 0.4) is 0 Å². The Labute approximate surface area is 176 Å². The molecule has 2 aromatic rings. The molecule has 0 radical (unpaired) electrons. The van der Waals surface area contributed by atoms with Gasteiger partial charge in [0.15, 0.2) is 5.58 Å². The van der Waals surface area contributed by atoms with Gasteiger partial charge in [-0.2, -0.15) is 4.98 Å². The molecule has 0 bridgehead atoms.